The van der Waals surface area contributed by atoms with Crippen LogP contribution in [0, 0.1) is 0 Å². The summed E-state index contributed by atoms with van der Waals surface area (Å²) >= 11 is 0. The second-order valence-electron chi connectivity index (χ2n) is 7.06. The minimum Gasteiger partial charge on any atom is -0.298 e. The van der Waals surface area contributed by atoms with Gasteiger partial charge in [0.25, 0.3) is 0 Å². The Morgan fingerprint density at radius 1 is 0.643 bits per heavy atom. The molecule has 0 saturated carbocycles. The molecule has 0 fully saturated rings. The average molecular weight is 370 g/mol. The zero-order valence-corrected chi connectivity index (χ0v) is 16.4. The molecule has 2 nitrogen and oxygen atoms in total. The summed E-state index contributed by atoms with van der Waals surface area (Å²) in [4.78, 5) is 23.9. The molecule has 142 valence electrons. The summed E-state index contributed by atoms with van der Waals surface area (Å²) < 4.78 is 0. The van der Waals surface area contributed by atoms with Crippen LogP contribution in [0.1, 0.15) is 58.9 Å². The van der Waals surface area contributed by atoms with Crippen molar-refractivity contribution in [3.05, 3.63) is 83.4 Å². The molecule has 3 aromatic carbocycles. The Morgan fingerprint density at radius 2 is 1.32 bits per heavy atom. The van der Waals surface area contributed by atoms with Crippen LogP contribution in [-0.4, -0.2) is 12.6 Å². The molecule has 0 spiro atoms. The van der Waals surface area contributed by atoms with Crippen molar-refractivity contribution in [1.29, 1.82) is 0 Å². The maximum atomic E-state index is 12.0. The van der Waals surface area contributed by atoms with Gasteiger partial charge in [-0.05, 0) is 40.7 Å². The third-order valence-corrected chi connectivity index (χ3v) is 5.21. The third kappa shape index (κ3) is 4.28. The molecule has 0 heterocycles. The molecule has 0 N–H and O–H groups in total. The number of benzene rings is 3. The number of aldehydes is 2. The van der Waals surface area contributed by atoms with Gasteiger partial charge in [-0.1, -0.05) is 92.9 Å². The van der Waals surface area contributed by atoms with Crippen molar-refractivity contribution in [2.75, 3.05) is 0 Å². The van der Waals surface area contributed by atoms with Crippen LogP contribution >= 0.6 is 0 Å². The van der Waals surface area contributed by atoms with Gasteiger partial charge in [0.1, 0.15) is 0 Å². The first-order chi connectivity index (χ1) is 13.8. The first-order valence-electron chi connectivity index (χ1n) is 10.0. The summed E-state index contributed by atoms with van der Waals surface area (Å²) in [5.41, 5.74) is 5.92. The second-order valence-corrected chi connectivity index (χ2v) is 7.06. The lowest BCUT2D eigenvalue weighted by atomic mass is 9.87. The molecular weight excluding hydrogens is 344 g/mol. The summed E-state index contributed by atoms with van der Waals surface area (Å²) in [5, 5.41) is 0. The van der Waals surface area contributed by atoms with Gasteiger partial charge in [-0.3, -0.25) is 9.59 Å². The number of rotatable bonds is 9. The molecular formula is C26H26O2. The van der Waals surface area contributed by atoms with Crippen molar-refractivity contribution in [2.24, 2.45) is 0 Å². The Hall–Kier alpha value is -3.00. The Bertz CT molecular complexity index is 942. The fourth-order valence-corrected chi connectivity index (χ4v) is 3.73. The lowest BCUT2D eigenvalue weighted by Crippen LogP contribution is -2.02. The molecule has 0 amide bonds. The van der Waals surface area contributed by atoms with Crippen molar-refractivity contribution in [3.8, 4) is 22.3 Å². The number of hydrogen-bond donors (Lipinski definition) is 0. The van der Waals surface area contributed by atoms with E-state index in [-0.39, 0.29) is 0 Å². The highest BCUT2D eigenvalue weighted by atomic mass is 16.1. The van der Waals surface area contributed by atoms with Crippen molar-refractivity contribution in [3.63, 3.8) is 0 Å². The van der Waals surface area contributed by atoms with Crippen LogP contribution in [0.25, 0.3) is 22.3 Å². The van der Waals surface area contributed by atoms with Crippen LogP contribution in [0.2, 0.25) is 0 Å². The van der Waals surface area contributed by atoms with E-state index in [2.05, 4.69) is 25.1 Å². The van der Waals surface area contributed by atoms with Gasteiger partial charge in [-0.15, -0.1) is 0 Å². The van der Waals surface area contributed by atoms with Crippen molar-refractivity contribution < 1.29 is 9.59 Å². The van der Waals surface area contributed by atoms with E-state index < -0.39 is 0 Å². The Labute approximate surface area is 167 Å². The molecule has 0 aliphatic heterocycles. The lowest BCUT2D eigenvalue weighted by molar-refractivity contribution is 0.109. The van der Waals surface area contributed by atoms with Gasteiger partial charge >= 0.3 is 0 Å². The van der Waals surface area contributed by atoms with E-state index in [4.69, 9.17) is 0 Å². The van der Waals surface area contributed by atoms with Gasteiger partial charge in [0.05, 0.1) is 0 Å². The van der Waals surface area contributed by atoms with Gasteiger partial charge in [0.2, 0.25) is 0 Å². The third-order valence-electron chi connectivity index (χ3n) is 5.21. The maximum absolute atomic E-state index is 12.0. The number of hydrogen-bond acceptors (Lipinski definition) is 2. The topological polar surface area (TPSA) is 34.1 Å². The highest BCUT2D eigenvalue weighted by molar-refractivity contribution is 6.00. The van der Waals surface area contributed by atoms with Gasteiger partial charge in [0.15, 0.2) is 12.6 Å². The van der Waals surface area contributed by atoms with E-state index >= 15 is 0 Å². The lowest BCUT2D eigenvalue weighted by Gasteiger charge is -2.15. The molecule has 28 heavy (non-hydrogen) atoms. The first kappa shape index (κ1) is 19.8. The minimum absolute atomic E-state index is 0.492. The summed E-state index contributed by atoms with van der Waals surface area (Å²) in [7, 11) is 0. The molecule has 0 unspecified atom stereocenters. The normalized spacial score (nSPS) is 10.6. The van der Waals surface area contributed by atoms with Crippen LogP contribution in [0.5, 0.6) is 0 Å². The molecule has 2 heteroatoms. The molecule has 3 aromatic rings. The molecule has 0 aliphatic carbocycles. The van der Waals surface area contributed by atoms with Crippen LogP contribution in [0.4, 0.5) is 0 Å². The quantitative estimate of drug-likeness (QED) is 0.308. The predicted molar refractivity (Wildman–Crippen MR) is 116 cm³/mol. The van der Waals surface area contributed by atoms with Crippen molar-refractivity contribution >= 4 is 12.6 Å². The smallest absolute Gasteiger partial charge is 0.151 e. The number of aryl methyl sites for hydroxylation is 1. The monoisotopic (exact) mass is 370 g/mol. The molecule has 0 saturated heterocycles. The van der Waals surface area contributed by atoms with Crippen LogP contribution < -0.4 is 0 Å². The zero-order valence-electron chi connectivity index (χ0n) is 16.4. The Balaban J connectivity index is 2.06. The molecule has 0 aromatic heterocycles. The van der Waals surface area contributed by atoms with Gasteiger partial charge in [-0.25, -0.2) is 0 Å². The van der Waals surface area contributed by atoms with Crippen LogP contribution in [0.15, 0.2) is 66.7 Å². The zero-order chi connectivity index (χ0) is 19.8. The number of carbonyl (C=O) groups excluding carboxylic acids is 2. The minimum atomic E-state index is 0.492. The molecule has 0 aliphatic rings. The fourth-order valence-electron chi connectivity index (χ4n) is 3.73. The van der Waals surface area contributed by atoms with Gasteiger partial charge < -0.3 is 0 Å². The van der Waals surface area contributed by atoms with E-state index in [0.717, 1.165) is 59.7 Å². The van der Waals surface area contributed by atoms with E-state index in [1.165, 1.54) is 12.8 Å². The second kappa shape index (κ2) is 9.80. The van der Waals surface area contributed by atoms with E-state index in [1.54, 1.807) is 0 Å². The molecule has 3 rings (SSSR count). The maximum Gasteiger partial charge on any atom is 0.151 e. The molecule has 0 radical (unpaired) electrons. The van der Waals surface area contributed by atoms with Crippen LogP contribution in [0.3, 0.4) is 0 Å². The summed E-state index contributed by atoms with van der Waals surface area (Å²) in [6.07, 6.45) is 7.05. The van der Waals surface area contributed by atoms with E-state index in [0.29, 0.717) is 11.1 Å². The SMILES string of the molecule is CCCCCCc1ccc(-c2ccccc2-c2ccccc2)c(C=O)c1C=O. The van der Waals surface area contributed by atoms with Gasteiger partial charge in [0, 0.05) is 11.1 Å². The fraction of sp³-hybridized carbons (Fsp3) is 0.231. The number of unbranched alkanes of at least 4 members (excludes halogenated alkanes) is 3. The van der Waals surface area contributed by atoms with Crippen LogP contribution in [-0.2, 0) is 6.42 Å². The Kier molecular flexibility index (Phi) is 6.91. The summed E-state index contributed by atoms with van der Waals surface area (Å²) in [5.74, 6) is 0. The first-order valence-corrected chi connectivity index (χ1v) is 10.0. The molecule has 0 atom stereocenters. The van der Waals surface area contributed by atoms with E-state index in [9.17, 15) is 9.59 Å². The Morgan fingerprint density at radius 3 is 2.00 bits per heavy atom. The summed E-state index contributed by atoms with van der Waals surface area (Å²) in [6.45, 7) is 2.18. The molecule has 0 bridgehead atoms. The van der Waals surface area contributed by atoms with Gasteiger partial charge in [-0.2, -0.15) is 0 Å². The predicted octanol–water partition coefficient (Wildman–Crippen LogP) is 6.77. The number of carbonyl (C=O) groups is 2. The highest BCUT2D eigenvalue weighted by Gasteiger charge is 2.16. The van der Waals surface area contributed by atoms with E-state index in [1.807, 2.05) is 48.5 Å². The summed E-state index contributed by atoms with van der Waals surface area (Å²) in [6, 6.07) is 22.1. The van der Waals surface area contributed by atoms with Crippen molar-refractivity contribution in [2.45, 2.75) is 39.0 Å². The standard InChI is InChI=1S/C26H26O2/c1-2-3-4-6-13-21-16-17-24(26(19-28)25(21)18-27)23-15-10-9-14-22(23)20-11-7-5-8-12-20/h5,7-12,14-19H,2-4,6,13H2,1H3. The largest absolute Gasteiger partial charge is 0.298 e. The van der Waals surface area contributed by atoms with Crippen molar-refractivity contribution in [1.82, 2.24) is 0 Å². The highest BCUT2D eigenvalue weighted by Crippen LogP contribution is 2.35. The average Bonchev–Trinajstić information content (AvgIpc) is 2.76.